The quantitative estimate of drug-likeness (QED) is 0.737. The van der Waals surface area contributed by atoms with Crippen molar-refractivity contribution in [1.29, 1.82) is 0 Å². The van der Waals surface area contributed by atoms with E-state index in [1.807, 2.05) is 0 Å². The average molecular weight is 330 g/mol. The van der Waals surface area contributed by atoms with Gasteiger partial charge < -0.3 is 25.2 Å². The maximum absolute atomic E-state index is 11.7. The molecule has 3 atom stereocenters. The average Bonchev–Trinajstić information content (AvgIpc) is 2.61. The smallest absolute Gasteiger partial charge is 0.407 e. The van der Waals surface area contributed by atoms with Gasteiger partial charge in [0.05, 0.1) is 6.10 Å². The summed E-state index contributed by atoms with van der Waals surface area (Å²) in [6.45, 7) is 11.1. The predicted molar refractivity (Wildman–Crippen MR) is 86.1 cm³/mol. The summed E-state index contributed by atoms with van der Waals surface area (Å²) < 4.78 is 10.4. The lowest BCUT2D eigenvalue weighted by molar-refractivity contribution is 0.0488. The van der Waals surface area contributed by atoms with Crippen LogP contribution in [-0.4, -0.2) is 47.2 Å². The molecule has 2 amide bonds. The lowest BCUT2D eigenvalue weighted by Crippen LogP contribution is -2.38. The van der Waals surface area contributed by atoms with Crippen molar-refractivity contribution in [2.45, 2.75) is 77.7 Å². The van der Waals surface area contributed by atoms with E-state index in [0.717, 1.165) is 0 Å². The third-order valence-electron chi connectivity index (χ3n) is 3.29. The molecule has 7 heteroatoms. The summed E-state index contributed by atoms with van der Waals surface area (Å²) in [6, 6.07) is -0.162. The van der Waals surface area contributed by atoms with Crippen LogP contribution in [0.5, 0.6) is 0 Å². The lowest BCUT2D eigenvalue weighted by atomic mass is 10.1. The van der Waals surface area contributed by atoms with Crippen LogP contribution in [0.3, 0.4) is 0 Å². The highest BCUT2D eigenvalue weighted by atomic mass is 16.6. The van der Waals surface area contributed by atoms with Gasteiger partial charge in [-0.25, -0.2) is 9.59 Å². The van der Waals surface area contributed by atoms with Crippen molar-refractivity contribution in [1.82, 2.24) is 10.6 Å². The third kappa shape index (κ3) is 8.06. The highest BCUT2D eigenvalue weighted by Crippen LogP contribution is 2.26. The van der Waals surface area contributed by atoms with Crippen LogP contribution in [0.4, 0.5) is 9.59 Å². The number of hydrogen-bond donors (Lipinski definition) is 3. The van der Waals surface area contributed by atoms with Crippen molar-refractivity contribution < 1.29 is 24.2 Å². The van der Waals surface area contributed by atoms with Crippen LogP contribution in [0, 0.1) is 5.92 Å². The van der Waals surface area contributed by atoms with Gasteiger partial charge >= 0.3 is 12.2 Å². The van der Waals surface area contributed by atoms with Crippen molar-refractivity contribution in [2.24, 2.45) is 5.92 Å². The second kappa shape index (κ2) is 7.38. The number of carbonyl (C=O) groups excluding carboxylic acids is 2. The molecule has 3 N–H and O–H groups in total. The first kappa shape index (κ1) is 19.5. The number of ether oxygens (including phenoxy) is 2. The first-order valence-corrected chi connectivity index (χ1v) is 8.00. The molecular weight excluding hydrogens is 300 g/mol. The molecule has 0 radical (unpaired) electrons. The molecule has 0 aliphatic heterocycles. The van der Waals surface area contributed by atoms with E-state index < -0.39 is 29.5 Å². The summed E-state index contributed by atoms with van der Waals surface area (Å²) in [4.78, 5) is 23.4. The molecule has 1 fully saturated rings. The Morgan fingerprint density at radius 1 is 1.00 bits per heavy atom. The molecule has 0 heterocycles. The first-order chi connectivity index (χ1) is 10.4. The second-order valence-corrected chi connectivity index (χ2v) is 8.02. The number of carbonyl (C=O) groups is 2. The van der Waals surface area contributed by atoms with Gasteiger partial charge in [-0.05, 0) is 54.4 Å². The summed E-state index contributed by atoms with van der Waals surface area (Å²) in [6.07, 6.45) is -0.551. The molecule has 0 unspecified atom stereocenters. The van der Waals surface area contributed by atoms with Crippen LogP contribution < -0.4 is 10.6 Å². The molecule has 0 saturated heterocycles. The monoisotopic (exact) mass is 330 g/mol. The highest BCUT2D eigenvalue weighted by Gasteiger charge is 2.35. The van der Waals surface area contributed by atoms with Crippen LogP contribution >= 0.6 is 0 Å². The van der Waals surface area contributed by atoms with E-state index in [2.05, 4.69) is 10.6 Å². The molecule has 1 aliphatic carbocycles. The summed E-state index contributed by atoms with van der Waals surface area (Å²) in [5.41, 5.74) is -1.11. The topological polar surface area (TPSA) is 96.9 Å². The molecule has 134 valence electrons. The van der Waals surface area contributed by atoms with Crippen molar-refractivity contribution >= 4 is 12.2 Å². The van der Waals surface area contributed by atoms with Gasteiger partial charge in [0.2, 0.25) is 0 Å². The minimum absolute atomic E-state index is 0.123. The summed E-state index contributed by atoms with van der Waals surface area (Å²) in [5, 5.41) is 15.5. The van der Waals surface area contributed by atoms with Crippen LogP contribution in [0.2, 0.25) is 0 Å². The molecule has 1 aliphatic rings. The Bertz CT molecular complexity index is 425. The SMILES string of the molecule is CC(C)(C)OC(=O)NC[C@@H]1C[C@@H](NC(=O)OC(C)(C)C)C[C@@H]1O. The van der Waals surface area contributed by atoms with Crippen LogP contribution in [0.25, 0.3) is 0 Å². The lowest BCUT2D eigenvalue weighted by Gasteiger charge is -2.22. The van der Waals surface area contributed by atoms with E-state index in [9.17, 15) is 14.7 Å². The Hall–Kier alpha value is -1.50. The fourth-order valence-electron chi connectivity index (χ4n) is 2.44. The van der Waals surface area contributed by atoms with Gasteiger partial charge in [0.25, 0.3) is 0 Å². The Balaban J connectivity index is 2.38. The van der Waals surface area contributed by atoms with E-state index in [1.54, 1.807) is 41.5 Å². The predicted octanol–water partition coefficient (Wildman–Crippen LogP) is 2.18. The number of aliphatic hydroxyl groups excluding tert-OH is 1. The molecular formula is C16H30N2O5. The number of alkyl carbamates (subject to hydrolysis) is 2. The molecule has 0 aromatic rings. The molecule has 0 bridgehead atoms. The zero-order chi connectivity index (χ0) is 17.8. The Kier molecular flexibility index (Phi) is 6.27. The number of nitrogens with one attached hydrogen (secondary N) is 2. The van der Waals surface area contributed by atoms with Gasteiger partial charge in [0, 0.05) is 18.5 Å². The largest absolute Gasteiger partial charge is 0.444 e. The number of rotatable bonds is 3. The molecule has 0 aromatic carbocycles. The van der Waals surface area contributed by atoms with Gasteiger partial charge in [-0.15, -0.1) is 0 Å². The van der Waals surface area contributed by atoms with Crippen molar-refractivity contribution in [2.75, 3.05) is 6.54 Å². The summed E-state index contributed by atoms with van der Waals surface area (Å²) >= 11 is 0. The fraction of sp³-hybridized carbons (Fsp3) is 0.875. The number of amides is 2. The summed E-state index contributed by atoms with van der Waals surface area (Å²) in [7, 11) is 0. The van der Waals surface area contributed by atoms with Gasteiger partial charge in [-0.2, -0.15) is 0 Å². The van der Waals surface area contributed by atoms with E-state index >= 15 is 0 Å². The van der Waals surface area contributed by atoms with Gasteiger partial charge in [-0.3, -0.25) is 0 Å². The second-order valence-electron chi connectivity index (χ2n) is 8.02. The van der Waals surface area contributed by atoms with E-state index in [-0.39, 0.29) is 12.0 Å². The molecule has 7 nitrogen and oxygen atoms in total. The normalized spacial score (nSPS) is 24.9. The molecule has 0 spiro atoms. The number of aliphatic hydroxyl groups is 1. The van der Waals surface area contributed by atoms with Gasteiger partial charge in [-0.1, -0.05) is 0 Å². The fourth-order valence-corrected chi connectivity index (χ4v) is 2.44. The number of hydrogen-bond acceptors (Lipinski definition) is 5. The standard InChI is InChI=1S/C16H30N2O5/c1-15(2,3)22-13(20)17-9-10-7-11(8-12(10)19)18-14(21)23-16(4,5)6/h10-12,19H,7-9H2,1-6H3,(H,17,20)(H,18,21)/t10-,11+,12-/m0/s1. The summed E-state index contributed by atoms with van der Waals surface area (Å²) in [5.74, 6) is -0.123. The van der Waals surface area contributed by atoms with Gasteiger partial charge in [0.1, 0.15) is 11.2 Å². The molecule has 1 rings (SSSR count). The first-order valence-electron chi connectivity index (χ1n) is 8.00. The van der Waals surface area contributed by atoms with Gasteiger partial charge in [0.15, 0.2) is 0 Å². The Labute approximate surface area is 138 Å². The molecule has 23 heavy (non-hydrogen) atoms. The zero-order valence-corrected chi connectivity index (χ0v) is 14.9. The van der Waals surface area contributed by atoms with Crippen molar-refractivity contribution in [3.8, 4) is 0 Å². The molecule has 0 aromatic heterocycles. The van der Waals surface area contributed by atoms with E-state index in [4.69, 9.17) is 9.47 Å². The van der Waals surface area contributed by atoms with Crippen LogP contribution in [0.15, 0.2) is 0 Å². The maximum Gasteiger partial charge on any atom is 0.407 e. The minimum Gasteiger partial charge on any atom is -0.444 e. The molecule has 1 saturated carbocycles. The van der Waals surface area contributed by atoms with E-state index in [0.29, 0.717) is 19.4 Å². The zero-order valence-electron chi connectivity index (χ0n) is 14.9. The minimum atomic E-state index is -0.579. The third-order valence-corrected chi connectivity index (χ3v) is 3.29. The highest BCUT2D eigenvalue weighted by molar-refractivity contribution is 5.68. The van der Waals surface area contributed by atoms with Crippen LogP contribution in [0.1, 0.15) is 54.4 Å². The van der Waals surface area contributed by atoms with Crippen molar-refractivity contribution in [3.63, 3.8) is 0 Å². The van der Waals surface area contributed by atoms with E-state index in [1.165, 1.54) is 0 Å². The Morgan fingerprint density at radius 2 is 1.52 bits per heavy atom. The maximum atomic E-state index is 11.7. The van der Waals surface area contributed by atoms with Crippen LogP contribution in [-0.2, 0) is 9.47 Å². The van der Waals surface area contributed by atoms with Crippen molar-refractivity contribution in [3.05, 3.63) is 0 Å². The Morgan fingerprint density at radius 3 is 2.04 bits per heavy atom.